The monoisotopic (exact) mass is 404 g/mol. The number of rotatable bonds is 3. The second-order valence-corrected chi connectivity index (χ2v) is 6.66. The highest BCUT2D eigenvalue weighted by atomic mass is 127. The molecule has 3 rings (SSSR count). The molecule has 2 aromatic rings. The summed E-state index contributed by atoms with van der Waals surface area (Å²) < 4.78 is 0.518. The molecule has 1 aliphatic rings. The summed E-state index contributed by atoms with van der Waals surface area (Å²) in [6, 6.07) is 15.2. The van der Waals surface area contributed by atoms with E-state index in [9.17, 15) is 9.59 Å². The number of benzene rings is 2. The van der Waals surface area contributed by atoms with Gasteiger partial charge in [-0.2, -0.15) is 0 Å². The van der Waals surface area contributed by atoms with Crippen molar-refractivity contribution in [3.05, 3.63) is 70.8 Å². The van der Waals surface area contributed by atoms with Gasteiger partial charge in [0.25, 0.3) is 0 Å². The minimum atomic E-state index is -0.913. The van der Waals surface area contributed by atoms with Crippen molar-refractivity contribution in [2.45, 2.75) is 19.8 Å². The number of hydrogen-bond donors (Lipinski definition) is 0. The molecule has 0 amide bonds. The Morgan fingerprint density at radius 1 is 1.14 bits per heavy atom. The number of fused-ring (bicyclic) bond motifs is 1. The van der Waals surface area contributed by atoms with Gasteiger partial charge in [-0.1, -0.05) is 76.7 Å². The van der Waals surface area contributed by atoms with E-state index in [1.807, 2.05) is 55.5 Å². The highest BCUT2D eigenvalue weighted by molar-refractivity contribution is 14.1. The van der Waals surface area contributed by atoms with Gasteiger partial charge in [-0.15, -0.1) is 0 Å². The fourth-order valence-corrected chi connectivity index (χ4v) is 4.14. The van der Waals surface area contributed by atoms with Crippen LogP contribution in [0.3, 0.4) is 0 Å². The predicted molar refractivity (Wildman–Crippen MR) is 95.9 cm³/mol. The van der Waals surface area contributed by atoms with Crippen molar-refractivity contribution in [2.24, 2.45) is 5.41 Å². The minimum Gasteiger partial charge on any atom is -0.293 e. The van der Waals surface area contributed by atoms with Crippen molar-refractivity contribution in [1.82, 2.24) is 0 Å². The highest BCUT2D eigenvalue weighted by Gasteiger charge is 2.47. The van der Waals surface area contributed by atoms with Gasteiger partial charge >= 0.3 is 0 Å². The summed E-state index contributed by atoms with van der Waals surface area (Å²) in [5.74, 6) is -0.0595. The van der Waals surface area contributed by atoms with Crippen LogP contribution in [0.4, 0.5) is 0 Å². The molecule has 22 heavy (non-hydrogen) atoms. The summed E-state index contributed by atoms with van der Waals surface area (Å²) in [7, 11) is 0. The van der Waals surface area contributed by atoms with Crippen LogP contribution in [0.1, 0.15) is 38.3 Å². The third-order valence-electron chi connectivity index (χ3n) is 4.49. The largest absolute Gasteiger partial charge is 0.293 e. The molecule has 0 saturated carbocycles. The van der Waals surface area contributed by atoms with E-state index in [1.54, 1.807) is 0 Å². The number of halogens is 1. The highest BCUT2D eigenvalue weighted by Crippen LogP contribution is 2.39. The van der Waals surface area contributed by atoms with E-state index in [2.05, 4.69) is 22.6 Å². The van der Waals surface area contributed by atoms with E-state index in [-0.39, 0.29) is 11.6 Å². The molecule has 0 N–H and O–H groups in total. The molecule has 0 spiro atoms. The molecule has 1 atom stereocenters. The first-order chi connectivity index (χ1) is 10.6. The average Bonchev–Trinajstić information content (AvgIpc) is 2.56. The van der Waals surface area contributed by atoms with Crippen molar-refractivity contribution in [1.29, 1.82) is 0 Å². The van der Waals surface area contributed by atoms with E-state index in [0.717, 1.165) is 17.5 Å². The molecule has 0 heterocycles. The van der Waals surface area contributed by atoms with Gasteiger partial charge in [0.2, 0.25) is 0 Å². The van der Waals surface area contributed by atoms with Crippen molar-refractivity contribution >= 4 is 34.2 Å². The topological polar surface area (TPSA) is 34.1 Å². The van der Waals surface area contributed by atoms with Crippen LogP contribution in [0.5, 0.6) is 0 Å². The molecule has 0 bridgehead atoms. The lowest BCUT2D eigenvalue weighted by molar-refractivity contribution is 0.0673. The number of ketones is 2. The Hall–Kier alpha value is -1.49. The zero-order valence-electron chi connectivity index (χ0n) is 12.4. The van der Waals surface area contributed by atoms with Crippen LogP contribution in [-0.4, -0.2) is 16.0 Å². The Morgan fingerprint density at radius 2 is 1.82 bits per heavy atom. The summed E-state index contributed by atoms with van der Waals surface area (Å²) in [5, 5.41) is 0. The summed E-state index contributed by atoms with van der Waals surface area (Å²) in [5.41, 5.74) is 2.61. The second kappa shape index (κ2) is 5.95. The van der Waals surface area contributed by atoms with Gasteiger partial charge in [-0.05, 0) is 25.3 Å². The number of carbonyl (C=O) groups excluding carboxylic acids is 2. The summed E-state index contributed by atoms with van der Waals surface area (Å²) >= 11 is 2.18. The molecule has 2 aromatic carbocycles. The van der Waals surface area contributed by atoms with E-state index < -0.39 is 5.41 Å². The van der Waals surface area contributed by atoms with E-state index in [4.69, 9.17) is 0 Å². The van der Waals surface area contributed by atoms with Gasteiger partial charge < -0.3 is 0 Å². The molecular formula is C19H17IO2. The van der Waals surface area contributed by atoms with E-state index in [1.165, 1.54) is 0 Å². The molecule has 0 saturated heterocycles. The van der Waals surface area contributed by atoms with Crippen molar-refractivity contribution < 1.29 is 9.59 Å². The maximum Gasteiger partial charge on any atom is 0.177 e. The van der Waals surface area contributed by atoms with Crippen LogP contribution >= 0.6 is 22.6 Å². The number of Topliss-reactive ketones (excluding diaryl/α,β-unsaturated/α-hetero) is 2. The van der Waals surface area contributed by atoms with Gasteiger partial charge in [-0.25, -0.2) is 0 Å². The van der Waals surface area contributed by atoms with E-state index >= 15 is 0 Å². The van der Waals surface area contributed by atoms with Gasteiger partial charge in [0, 0.05) is 15.6 Å². The summed E-state index contributed by atoms with van der Waals surface area (Å²) in [4.78, 5) is 26.1. The Kier molecular flexibility index (Phi) is 4.17. The zero-order valence-corrected chi connectivity index (χ0v) is 14.6. The smallest absolute Gasteiger partial charge is 0.177 e. The molecule has 0 fully saturated rings. The van der Waals surface area contributed by atoms with Crippen LogP contribution < -0.4 is 0 Å². The van der Waals surface area contributed by atoms with Gasteiger partial charge in [0.1, 0.15) is 5.41 Å². The number of alkyl halides is 1. The molecule has 0 radical (unpaired) electrons. The molecule has 0 aromatic heterocycles. The molecule has 112 valence electrons. The third kappa shape index (κ3) is 2.41. The lowest BCUT2D eigenvalue weighted by Gasteiger charge is -2.34. The fourth-order valence-electron chi connectivity index (χ4n) is 3.07. The van der Waals surface area contributed by atoms with Crippen LogP contribution in [-0.2, 0) is 6.42 Å². The first kappa shape index (κ1) is 15.4. The van der Waals surface area contributed by atoms with E-state index in [0.29, 0.717) is 22.0 Å². The SMILES string of the molecule is Cc1ccc(C(=O)C2(CI)CCc3ccccc3C2=O)cc1. The lowest BCUT2D eigenvalue weighted by atomic mass is 9.68. The van der Waals surface area contributed by atoms with Crippen LogP contribution in [0.2, 0.25) is 0 Å². The maximum absolute atomic E-state index is 13.1. The Bertz CT molecular complexity index is 733. The molecule has 2 nitrogen and oxygen atoms in total. The average molecular weight is 404 g/mol. The van der Waals surface area contributed by atoms with Crippen LogP contribution in [0.15, 0.2) is 48.5 Å². The van der Waals surface area contributed by atoms with Gasteiger partial charge in [-0.3, -0.25) is 9.59 Å². The molecule has 1 unspecified atom stereocenters. The van der Waals surface area contributed by atoms with Crippen molar-refractivity contribution in [2.75, 3.05) is 4.43 Å². The van der Waals surface area contributed by atoms with Crippen molar-refractivity contribution in [3.63, 3.8) is 0 Å². The zero-order chi connectivity index (χ0) is 15.7. The number of carbonyl (C=O) groups is 2. The summed E-state index contributed by atoms with van der Waals surface area (Å²) in [6.07, 6.45) is 1.38. The standard InChI is InChI=1S/C19H17IO2/c1-13-6-8-15(9-7-13)17(21)19(12-20)11-10-14-4-2-3-5-16(14)18(19)22/h2-9H,10-12H2,1H3. The normalized spacial score (nSPS) is 20.5. The first-order valence-electron chi connectivity index (χ1n) is 7.38. The maximum atomic E-state index is 13.1. The molecule has 1 aliphatic carbocycles. The Morgan fingerprint density at radius 3 is 2.50 bits per heavy atom. The number of aryl methyl sites for hydroxylation is 2. The first-order valence-corrected chi connectivity index (χ1v) is 8.91. The van der Waals surface area contributed by atoms with Gasteiger partial charge in [0.15, 0.2) is 11.6 Å². The molecular weight excluding hydrogens is 387 g/mol. The quantitative estimate of drug-likeness (QED) is 0.328. The van der Waals surface area contributed by atoms with Gasteiger partial charge in [0.05, 0.1) is 0 Å². The lowest BCUT2D eigenvalue weighted by Crippen LogP contribution is -2.44. The van der Waals surface area contributed by atoms with Crippen LogP contribution in [0.25, 0.3) is 0 Å². The fraction of sp³-hybridized carbons (Fsp3) is 0.263. The molecule has 3 heteroatoms. The second-order valence-electron chi connectivity index (χ2n) is 5.90. The van der Waals surface area contributed by atoms with Crippen LogP contribution in [0, 0.1) is 12.3 Å². The Labute approximate surface area is 144 Å². The van der Waals surface area contributed by atoms with Crippen molar-refractivity contribution in [3.8, 4) is 0 Å². The molecule has 0 aliphatic heterocycles. The minimum absolute atomic E-state index is 0.0191. The third-order valence-corrected chi connectivity index (χ3v) is 5.80. The predicted octanol–water partition coefficient (Wildman–Crippen LogP) is 4.43. The summed E-state index contributed by atoms with van der Waals surface area (Å²) in [6.45, 7) is 1.99. The Balaban J connectivity index is 2.05. The number of hydrogen-bond acceptors (Lipinski definition) is 2.